The molecule has 0 bridgehead atoms. The molecule has 1 saturated carbocycles. The zero-order chi connectivity index (χ0) is 28.2. The Bertz CT molecular complexity index is 1510. The van der Waals surface area contributed by atoms with E-state index in [1.807, 2.05) is 6.92 Å². The molecule has 0 spiro atoms. The molecule has 1 atom stereocenters. The molecule has 12 heteroatoms. The summed E-state index contributed by atoms with van der Waals surface area (Å²) in [6.45, 7) is 5.82. The molecular formula is C27H32N6O5S. The molecule has 5 rings (SSSR count). The Kier molecular flexibility index (Phi) is 6.53. The smallest absolute Gasteiger partial charge is 0.272 e. The number of benzene rings is 1. The van der Waals surface area contributed by atoms with Crippen LogP contribution in [0.1, 0.15) is 77.7 Å². The van der Waals surface area contributed by atoms with E-state index in [0.717, 1.165) is 11.3 Å². The number of nitrogens with zero attached hydrogens (tertiary/aromatic N) is 5. The molecule has 2 aliphatic heterocycles. The summed E-state index contributed by atoms with van der Waals surface area (Å²) < 4.78 is 27.0. The fourth-order valence-electron chi connectivity index (χ4n) is 5.47. The van der Waals surface area contributed by atoms with Crippen LogP contribution in [0.2, 0.25) is 0 Å². The molecule has 3 aliphatic rings. The highest BCUT2D eigenvalue weighted by Crippen LogP contribution is 2.51. The number of hydrogen-bond acceptors (Lipinski definition) is 8. The number of nitrogens with one attached hydrogen (secondary N) is 1. The highest BCUT2D eigenvalue weighted by atomic mass is 32.2. The summed E-state index contributed by atoms with van der Waals surface area (Å²) in [7, 11) is -2.07. The minimum atomic E-state index is -3.69. The van der Waals surface area contributed by atoms with Crippen molar-refractivity contribution in [3.63, 3.8) is 0 Å². The van der Waals surface area contributed by atoms with Gasteiger partial charge in [0.2, 0.25) is 0 Å². The van der Waals surface area contributed by atoms with Crippen LogP contribution in [0.25, 0.3) is 0 Å². The fraction of sp³-hybridized carbons (Fsp3) is 0.519. The summed E-state index contributed by atoms with van der Waals surface area (Å²) in [6.07, 6.45) is 1.25. The van der Waals surface area contributed by atoms with E-state index >= 15 is 0 Å². The fourth-order valence-corrected chi connectivity index (χ4v) is 8.02. The molecule has 206 valence electrons. The van der Waals surface area contributed by atoms with Gasteiger partial charge in [-0.3, -0.25) is 14.3 Å². The number of nitriles is 1. The van der Waals surface area contributed by atoms with Crippen LogP contribution in [0.3, 0.4) is 0 Å². The van der Waals surface area contributed by atoms with Crippen molar-refractivity contribution < 1.29 is 22.8 Å². The second-order valence-electron chi connectivity index (χ2n) is 11.2. The molecular weight excluding hydrogens is 520 g/mol. The van der Waals surface area contributed by atoms with E-state index in [4.69, 9.17) is 10.1 Å². The predicted molar refractivity (Wildman–Crippen MR) is 143 cm³/mol. The second kappa shape index (κ2) is 9.48. The molecule has 0 saturated heterocycles. The van der Waals surface area contributed by atoms with Crippen molar-refractivity contribution in [1.29, 1.82) is 5.26 Å². The Balaban J connectivity index is 1.30. The summed E-state index contributed by atoms with van der Waals surface area (Å²) >= 11 is 0. The van der Waals surface area contributed by atoms with Crippen LogP contribution in [-0.4, -0.2) is 69.3 Å². The molecule has 2 aromatic rings. The molecule has 11 nitrogen and oxygen atoms in total. The van der Waals surface area contributed by atoms with E-state index in [1.165, 1.54) is 4.68 Å². The predicted octanol–water partition coefficient (Wildman–Crippen LogP) is 2.11. The number of fused-ring (bicyclic) bond motifs is 1. The van der Waals surface area contributed by atoms with Gasteiger partial charge in [-0.15, -0.1) is 0 Å². The summed E-state index contributed by atoms with van der Waals surface area (Å²) in [6, 6.07) is 8.96. The van der Waals surface area contributed by atoms with Crippen LogP contribution in [-0.2, 0) is 34.7 Å². The minimum Gasteiger partial charge on any atom is -0.390 e. The van der Waals surface area contributed by atoms with Gasteiger partial charge >= 0.3 is 0 Å². The average molecular weight is 553 g/mol. The first-order chi connectivity index (χ1) is 18.4. The Morgan fingerprint density at radius 1 is 1.28 bits per heavy atom. The van der Waals surface area contributed by atoms with Gasteiger partial charge in [-0.1, -0.05) is 17.3 Å². The van der Waals surface area contributed by atoms with Gasteiger partial charge in [0.15, 0.2) is 21.6 Å². The first-order valence-electron chi connectivity index (χ1n) is 13.0. The van der Waals surface area contributed by atoms with Crippen LogP contribution in [0.15, 0.2) is 29.4 Å². The van der Waals surface area contributed by atoms with Crippen molar-refractivity contribution in [1.82, 2.24) is 20.0 Å². The Labute approximate surface area is 227 Å². The molecule has 1 aromatic heterocycles. The molecule has 1 aliphatic carbocycles. The first-order valence-corrected chi connectivity index (χ1v) is 14.4. The number of oxime groups is 1. The molecule has 3 heterocycles. The highest BCUT2D eigenvalue weighted by molar-refractivity contribution is 7.94. The largest absolute Gasteiger partial charge is 0.390 e. The lowest BCUT2D eigenvalue weighted by molar-refractivity contribution is 0.0602. The van der Waals surface area contributed by atoms with Crippen molar-refractivity contribution in [3.8, 4) is 6.07 Å². The number of rotatable bonds is 8. The van der Waals surface area contributed by atoms with Crippen molar-refractivity contribution in [2.45, 2.75) is 68.6 Å². The number of sulfone groups is 1. The third-order valence-corrected chi connectivity index (χ3v) is 11.5. The van der Waals surface area contributed by atoms with Gasteiger partial charge in [0.1, 0.15) is 10.4 Å². The SMILES string of the molecule is CC1=NO[C@@H](C(C)(C)S(=O)(=O)C2(CN3CCc4c(C(=O)NCc5ccc(C#N)cc5)nn(C)c4C3=O)CC2)C1. The van der Waals surface area contributed by atoms with Crippen molar-refractivity contribution in [2.75, 3.05) is 13.1 Å². The summed E-state index contributed by atoms with van der Waals surface area (Å²) in [4.78, 5) is 33.6. The van der Waals surface area contributed by atoms with Gasteiger partial charge in [0.25, 0.3) is 11.8 Å². The third kappa shape index (κ3) is 4.48. The lowest BCUT2D eigenvalue weighted by Gasteiger charge is -2.36. The first kappa shape index (κ1) is 26.9. The van der Waals surface area contributed by atoms with Gasteiger partial charge in [0, 0.05) is 38.7 Å². The van der Waals surface area contributed by atoms with Crippen molar-refractivity contribution >= 4 is 27.4 Å². The van der Waals surface area contributed by atoms with Crippen LogP contribution in [0.5, 0.6) is 0 Å². The monoisotopic (exact) mass is 552 g/mol. The lowest BCUT2D eigenvalue weighted by Crippen LogP contribution is -2.54. The average Bonchev–Trinajstić information content (AvgIpc) is 3.44. The van der Waals surface area contributed by atoms with E-state index in [0.29, 0.717) is 49.0 Å². The second-order valence-corrected chi connectivity index (χ2v) is 14.1. The maximum Gasteiger partial charge on any atom is 0.272 e. The number of aryl methyl sites for hydroxylation is 1. The summed E-state index contributed by atoms with van der Waals surface area (Å²) in [5, 5.41) is 20.1. The number of aromatic nitrogens is 2. The van der Waals surface area contributed by atoms with Gasteiger partial charge < -0.3 is 15.1 Å². The lowest BCUT2D eigenvalue weighted by atomic mass is 10.0. The van der Waals surface area contributed by atoms with Crippen molar-refractivity contribution in [3.05, 3.63) is 52.3 Å². The molecule has 0 radical (unpaired) electrons. The quantitative estimate of drug-likeness (QED) is 0.528. The third-order valence-electron chi connectivity index (χ3n) is 8.16. The summed E-state index contributed by atoms with van der Waals surface area (Å²) in [5.41, 5.74) is 3.19. The van der Waals surface area contributed by atoms with Crippen LogP contribution >= 0.6 is 0 Å². The minimum absolute atomic E-state index is 0.0923. The molecule has 39 heavy (non-hydrogen) atoms. The van der Waals surface area contributed by atoms with Gasteiger partial charge in [-0.25, -0.2) is 8.42 Å². The maximum absolute atomic E-state index is 13.9. The molecule has 0 unspecified atom stereocenters. The maximum atomic E-state index is 13.9. The van der Waals surface area contributed by atoms with Gasteiger partial charge in [0.05, 0.1) is 22.1 Å². The van der Waals surface area contributed by atoms with E-state index in [-0.39, 0.29) is 24.7 Å². The Hall–Kier alpha value is -3.72. The standard InChI is InChI=1S/C27H32N6O5S/c1-17-13-21(38-31-17)26(2,3)39(36,37)27(10-11-27)16-33-12-9-20-22(30-32(4)23(20)25(33)35)24(34)29-15-19-7-5-18(14-28)6-8-19/h5-8,21H,9-13,15-16H2,1-4H3,(H,29,34)/t21-/m1/s1. The molecule has 2 amide bonds. The Morgan fingerprint density at radius 2 is 1.97 bits per heavy atom. The van der Waals surface area contributed by atoms with Gasteiger partial charge in [-0.05, 0) is 57.7 Å². The van der Waals surface area contributed by atoms with Crippen molar-refractivity contribution in [2.24, 2.45) is 12.2 Å². The van der Waals surface area contributed by atoms with Crippen LogP contribution in [0, 0.1) is 11.3 Å². The normalized spacial score (nSPS) is 20.1. The summed E-state index contributed by atoms with van der Waals surface area (Å²) in [5.74, 6) is -0.720. The number of carbonyl (C=O) groups excluding carboxylic acids is 2. The zero-order valence-electron chi connectivity index (χ0n) is 22.5. The number of amides is 2. The van der Waals surface area contributed by atoms with Crippen LogP contribution in [0.4, 0.5) is 0 Å². The topological polar surface area (TPSA) is 147 Å². The zero-order valence-corrected chi connectivity index (χ0v) is 23.3. The van der Waals surface area contributed by atoms with E-state index in [9.17, 15) is 18.0 Å². The number of hydrogen-bond donors (Lipinski definition) is 1. The Morgan fingerprint density at radius 3 is 2.56 bits per heavy atom. The van der Waals surface area contributed by atoms with E-state index in [2.05, 4.69) is 21.6 Å². The molecule has 1 aromatic carbocycles. The molecule has 1 fully saturated rings. The molecule has 1 N–H and O–H groups in total. The van der Waals surface area contributed by atoms with E-state index < -0.39 is 31.3 Å². The van der Waals surface area contributed by atoms with E-state index in [1.54, 1.807) is 50.1 Å². The highest BCUT2D eigenvalue weighted by Gasteiger charge is 2.63. The number of carbonyl (C=O) groups is 2. The van der Waals surface area contributed by atoms with Crippen LogP contribution < -0.4 is 5.32 Å². The van der Waals surface area contributed by atoms with Gasteiger partial charge in [-0.2, -0.15) is 10.4 Å².